The van der Waals surface area contributed by atoms with E-state index in [1.54, 1.807) is 0 Å². The first kappa shape index (κ1) is 17.9. The Morgan fingerprint density at radius 1 is 0.846 bits per heavy atom. The molecule has 0 spiro atoms. The second-order valence-corrected chi connectivity index (χ2v) is 5.30. The fourth-order valence-corrected chi connectivity index (χ4v) is 1.92. The molecule has 0 fully saturated rings. The van der Waals surface area contributed by atoms with Gasteiger partial charge in [0.25, 0.3) is 0 Å². The topological polar surface area (TPSA) is 57.1 Å². The zero-order chi connectivity index (χ0) is 18.7. The van der Waals surface area contributed by atoms with Crippen molar-refractivity contribution in [1.29, 1.82) is 0 Å². The van der Waals surface area contributed by atoms with Crippen LogP contribution in [0.4, 0.5) is 17.6 Å². The Kier molecular flexibility index (Phi) is 4.90. The molecule has 3 aromatic rings. The summed E-state index contributed by atoms with van der Waals surface area (Å²) in [4.78, 5) is 11.2. The third-order valence-electron chi connectivity index (χ3n) is 2.98. The van der Waals surface area contributed by atoms with Crippen LogP contribution in [0.25, 0.3) is 0 Å². The van der Waals surface area contributed by atoms with Crippen molar-refractivity contribution >= 4 is 11.6 Å². The molecule has 0 saturated carbocycles. The van der Waals surface area contributed by atoms with E-state index in [4.69, 9.17) is 21.1 Å². The van der Waals surface area contributed by atoms with Crippen LogP contribution in [0.2, 0.25) is 5.02 Å². The average molecular weight is 386 g/mol. The Morgan fingerprint density at radius 2 is 1.58 bits per heavy atom. The molecule has 3 rings (SSSR count). The Hall–Kier alpha value is -2.94. The molecule has 5 nitrogen and oxygen atoms in total. The van der Waals surface area contributed by atoms with Crippen molar-refractivity contribution in [3.05, 3.63) is 65.3 Å². The van der Waals surface area contributed by atoms with Crippen molar-refractivity contribution in [3.63, 3.8) is 0 Å². The van der Waals surface area contributed by atoms with Gasteiger partial charge in [0, 0.05) is 18.3 Å². The number of alkyl halides is 3. The van der Waals surface area contributed by atoms with Crippen LogP contribution in [-0.2, 0) is 6.18 Å². The van der Waals surface area contributed by atoms with Crippen LogP contribution in [0.1, 0.15) is 5.56 Å². The Balaban J connectivity index is 1.84. The molecule has 0 saturated heterocycles. The SMILES string of the molecule is Fc1ccc(Oc2ccc(C(F)(F)F)cn2)c(Oc2ncc(Cl)cn2)c1. The van der Waals surface area contributed by atoms with E-state index in [9.17, 15) is 17.6 Å². The van der Waals surface area contributed by atoms with Crippen molar-refractivity contribution in [2.75, 3.05) is 0 Å². The molecule has 0 aliphatic carbocycles. The molecule has 1 aromatic carbocycles. The Labute approximate surface area is 149 Å². The first-order chi connectivity index (χ1) is 12.3. The monoisotopic (exact) mass is 385 g/mol. The molecule has 26 heavy (non-hydrogen) atoms. The molecule has 2 aromatic heterocycles. The lowest BCUT2D eigenvalue weighted by Gasteiger charge is -2.11. The van der Waals surface area contributed by atoms with Crippen molar-refractivity contribution in [3.8, 4) is 23.4 Å². The summed E-state index contributed by atoms with van der Waals surface area (Å²) in [5.74, 6) is -0.834. The van der Waals surface area contributed by atoms with Gasteiger partial charge in [-0.15, -0.1) is 0 Å². The highest BCUT2D eigenvalue weighted by atomic mass is 35.5. The lowest BCUT2D eigenvalue weighted by molar-refractivity contribution is -0.137. The Morgan fingerprint density at radius 3 is 2.19 bits per heavy atom. The van der Waals surface area contributed by atoms with Gasteiger partial charge >= 0.3 is 12.2 Å². The predicted octanol–water partition coefficient (Wildman–Crippen LogP) is 5.27. The highest BCUT2D eigenvalue weighted by molar-refractivity contribution is 6.30. The fourth-order valence-electron chi connectivity index (χ4n) is 1.82. The predicted molar refractivity (Wildman–Crippen MR) is 82.8 cm³/mol. The number of nitrogens with zero attached hydrogens (tertiary/aromatic N) is 3. The number of aromatic nitrogens is 3. The zero-order valence-electron chi connectivity index (χ0n) is 12.7. The van der Waals surface area contributed by atoms with E-state index >= 15 is 0 Å². The smallest absolute Gasteiger partial charge is 0.417 e. The zero-order valence-corrected chi connectivity index (χ0v) is 13.4. The van der Waals surface area contributed by atoms with Crippen molar-refractivity contribution in [1.82, 2.24) is 15.0 Å². The molecule has 0 aliphatic heterocycles. The number of halogens is 5. The molecule has 0 N–H and O–H groups in total. The number of rotatable bonds is 4. The number of hydrogen-bond acceptors (Lipinski definition) is 5. The van der Waals surface area contributed by atoms with E-state index < -0.39 is 17.6 Å². The average Bonchev–Trinajstić information content (AvgIpc) is 2.59. The quantitative estimate of drug-likeness (QED) is 0.573. The van der Waals surface area contributed by atoms with E-state index in [0.29, 0.717) is 6.20 Å². The molecule has 10 heteroatoms. The van der Waals surface area contributed by atoms with Gasteiger partial charge < -0.3 is 9.47 Å². The van der Waals surface area contributed by atoms with Crippen molar-refractivity contribution in [2.45, 2.75) is 6.18 Å². The van der Waals surface area contributed by atoms with E-state index in [0.717, 1.165) is 24.3 Å². The third kappa shape index (κ3) is 4.37. The van der Waals surface area contributed by atoms with Crippen LogP contribution in [0.3, 0.4) is 0 Å². The maximum Gasteiger partial charge on any atom is 0.417 e. The van der Waals surface area contributed by atoms with Crippen molar-refractivity contribution < 1.29 is 27.0 Å². The molecule has 0 unspecified atom stereocenters. The van der Waals surface area contributed by atoms with Crippen molar-refractivity contribution in [2.24, 2.45) is 0 Å². The third-order valence-corrected chi connectivity index (χ3v) is 3.18. The summed E-state index contributed by atoms with van der Waals surface area (Å²) >= 11 is 5.67. The minimum absolute atomic E-state index is 0.0113. The fraction of sp³-hybridized carbons (Fsp3) is 0.0625. The highest BCUT2D eigenvalue weighted by Crippen LogP contribution is 2.35. The van der Waals surface area contributed by atoms with Crippen LogP contribution in [0, 0.1) is 5.82 Å². The van der Waals surface area contributed by atoms with Gasteiger partial charge in [0.2, 0.25) is 5.88 Å². The molecule has 134 valence electrons. The molecule has 0 atom stereocenters. The summed E-state index contributed by atoms with van der Waals surface area (Å²) in [6, 6.07) is 5.07. The van der Waals surface area contributed by atoms with E-state index in [1.165, 1.54) is 18.5 Å². The van der Waals surface area contributed by atoms with Crippen LogP contribution >= 0.6 is 11.6 Å². The normalized spacial score (nSPS) is 11.3. The summed E-state index contributed by atoms with van der Waals surface area (Å²) in [6.07, 6.45) is -1.33. The second-order valence-electron chi connectivity index (χ2n) is 4.86. The van der Waals surface area contributed by atoms with Gasteiger partial charge in [-0.1, -0.05) is 11.6 Å². The van der Waals surface area contributed by atoms with Gasteiger partial charge in [-0.2, -0.15) is 13.2 Å². The van der Waals surface area contributed by atoms with E-state index in [2.05, 4.69) is 15.0 Å². The van der Waals surface area contributed by atoms with E-state index in [1.807, 2.05) is 0 Å². The summed E-state index contributed by atoms with van der Waals surface area (Å²) in [5.41, 5.74) is -0.921. The highest BCUT2D eigenvalue weighted by Gasteiger charge is 2.30. The van der Waals surface area contributed by atoms with Gasteiger partial charge in [0.15, 0.2) is 11.5 Å². The van der Waals surface area contributed by atoms with Gasteiger partial charge in [-0.25, -0.2) is 19.3 Å². The summed E-state index contributed by atoms with van der Waals surface area (Å²) in [5, 5.41) is 0.280. The molecular formula is C16H8ClF4N3O2. The van der Waals surface area contributed by atoms with E-state index in [-0.39, 0.29) is 28.4 Å². The maximum atomic E-state index is 13.5. The minimum atomic E-state index is -4.51. The standard InChI is InChI=1S/C16H8ClF4N3O2/c17-10-7-23-15(24-8-10)26-13-5-11(18)2-3-12(13)25-14-4-1-9(6-22-14)16(19,20)21/h1-8H. The lowest BCUT2D eigenvalue weighted by atomic mass is 10.3. The summed E-state index contributed by atoms with van der Waals surface area (Å²) in [7, 11) is 0. The largest absolute Gasteiger partial charge is 0.435 e. The Bertz CT molecular complexity index is 903. The molecular weight excluding hydrogens is 378 g/mol. The maximum absolute atomic E-state index is 13.5. The molecule has 2 heterocycles. The van der Waals surface area contributed by atoms with Crippen LogP contribution < -0.4 is 9.47 Å². The van der Waals surface area contributed by atoms with Gasteiger partial charge in [0.05, 0.1) is 23.0 Å². The van der Waals surface area contributed by atoms with Crippen LogP contribution in [-0.4, -0.2) is 15.0 Å². The van der Waals surface area contributed by atoms with Gasteiger partial charge in [-0.3, -0.25) is 0 Å². The molecule has 0 amide bonds. The number of pyridine rings is 1. The number of hydrogen-bond donors (Lipinski definition) is 0. The lowest BCUT2D eigenvalue weighted by Crippen LogP contribution is -2.05. The summed E-state index contributed by atoms with van der Waals surface area (Å²) < 4.78 is 61.9. The first-order valence-corrected chi connectivity index (χ1v) is 7.35. The summed E-state index contributed by atoms with van der Waals surface area (Å²) in [6.45, 7) is 0. The molecule has 0 aliphatic rings. The number of ether oxygens (including phenoxy) is 2. The minimum Gasteiger partial charge on any atom is -0.435 e. The first-order valence-electron chi connectivity index (χ1n) is 6.97. The van der Waals surface area contributed by atoms with Gasteiger partial charge in [-0.05, 0) is 18.2 Å². The second kappa shape index (κ2) is 7.12. The molecule has 0 bridgehead atoms. The van der Waals surface area contributed by atoms with Crippen LogP contribution in [0.15, 0.2) is 48.9 Å². The number of benzene rings is 1. The van der Waals surface area contributed by atoms with Gasteiger partial charge in [0.1, 0.15) is 5.82 Å². The van der Waals surface area contributed by atoms with Crippen LogP contribution in [0.5, 0.6) is 23.4 Å². The molecule has 0 radical (unpaired) electrons.